The second kappa shape index (κ2) is 7.73. The first-order valence-electron chi connectivity index (χ1n) is 4.28. The molecule has 0 heterocycles. The summed E-state index contributed by atoms with van der Waals surface area (Å²) in [5.41, 5.74) is 3.25. The standard InChI is InChI=1S/C10H18N2O/c1-4-5-6-7-9(2)10(3)11-8-12-13/h4-7,10-13H,1,8H2,2-3H3/b6-5-,9-7+. The summed E-state index contributed by atoms with van der Waals surface area (Å²) in [7, 11) is 0. The highest BCUT2D eigenvalue weighted by atomic mass is 16.5. The fourth-order valence-corrected chi connectivity index (χ4v) is 0.790. The summed E-state index contributed by atoms with van der Waals surface area (Å²) < 4.78 is 0. The van der Waals surface area contributed by atoms with Crippen LogP contribution in [0.2, 0.25) is 0 Å². The second-order valence-corrected chi connectivity index (χ2v) is 2.79. The van der Waals surface area contributed by atoms with Gasteiger partial charge in [-0.05, 0) is 13.8 Å². The topological polar surface area (TPSA) is 44.3 Å². The van der Waals surface area contributed by atoms with Crippen molar-refractivity contribution < 1.29 is 5.21 Å². The van der Waals surface area contributed by atoms with E-state index in [9.17, 15) is 0 Å². The maximum atomic E-state index is 8.35. The van der Waals surface area contributed by atoms with Gasteiger partial charge in [-0.25, -0.2) is 0 Å². The van der Waals surface area contributed by atoms with Gasteiger partial charge in [-0.1, -0.05) is 36.5 Å². The van der Waals surface area contributed by atoms with Gasteiger partial charge in [0.25, 0.3) is 0 Å². The molecule has 0 bridgehead atoms. The van der Waals surface area contributed by atoms with Crippen LogP contribution >= 0.6 is 0 Å². The lowest BCUT2D eigenvalue weighted by atomic mass is 10.1. The Labute approximate surface area is 79.8 Å². The van der Waals surface area contributed by atoms with Crippen LogP contribution in [0.3, 0.4) is 0 Å². The zero-order valence-electron chi connectivity index (χ0n) is 8.25. The van der Waals surface area contributed by atoms with E-state index < -0.39 is 0 Å². The van der Waals surface area contributed by atoms with Crippen molar-refractivity contribution in [3.05, 3.63) is 36.5 Å². The second-order valence-electron chi connectivity index (χ2n) is 2.79. The van der Waals surface area contributed by atoms with Gasteiger partial charge in [0.2, 0.25) is 0 Å². The van der Waals surface area contributed by atoms with Gasteiger partial charge in [0.15, 0.2) is 0 Å². The van der Waals surface area contributed by atoms with Gasteiger partial charge in [-0.2, -0.15) is 5.48 Å². The van der Waals surface area contributed by atoms with Gasteiger partial charge >= 0.3 is 0 Å². The minimum absolute atomic E-state index is 0.245. The Morgan fingerprint density at radius 1 is 1.54 bits per heavy atom. The summed E-state index contributed by atoms with van der Waals surface area (Å²) in [6.45, 7) is 8.03. The van der Waals surface area contributed by atoms with Crippen molar-refractivity contribution in [3.8, 4) is 0 Å². The van der Waals surface area contributed by atoms with Crippen LogP contribution in [-0.2, 0) is 0 Å². The Balaban J connectivity index is 3.92. The molecular formula is C10H18N2O. The van der Waals surface area contributed by atoms with Gasteiger partial charge in [0, 0.05) is 6.04 Å². The average Bonchev–Trinajstić information content (AvgIpc) is 2.14. The number of allylic oxidation sites excluding steroid dienone is 4. The molecule has 3 N–H and O–H groups in total. The van der Waals surface area contributed by atoms with Crippen LogP contribution in [0.25, 0.3) is 0 Å². The van der Waals surface area contributed by atoms with Crippen LogP contribution in [-0.4, -0.2) is 17.9 Å². The minimum atomic E-state index is 0.245. The highest BCUT2D eigenvalue weighted by Crippen LogP contribution is 1.99. The van der Waals surface area contributed by atoms with E-state index in [0.29, 0.717) is 6.67 Å². The normalized spacial score (nSPS) is 14.8. The van der Waals surface area contributed by atoms with Crippen molar-refractivity contribution in [1.82, 2.24) is 10.8 Å². The molecule has 1 unspecified atom stereocenters. The molecule has 0 aromatic rings. The first-order valence-corrected chi connectivity index (χ1v) is 4.28. The molecule has 0 aromatic carbocycles. The Morgan fingerprint density at radius 2 is 2.23 bits per heavy atom. The average molecular weight is 182 g/mol. The number of hydrogen-bond acceptors (Lipinski definition) is 3. The number of hydrogen-bond donors (Lipinski definition) is 3. The van der Waals surface area contributed by atoms with Crippen LogP contribution < -0.4 is 10.8 Å². The molecule has 3 heteroatoms. The number of rotatable bonds is 6. The molecular weight excluding hydrogens is 164 g/mol. The monoisotopic (exact) mass is 182 g/mol. The third kappa shape index (κ3) is 6.28. The van der Waals surface area contributed by atoms with Crippen molar-refractivity contribution >= 4 is 0 Å². The molecule has 0 aromatic heterocycles. The van der Waals surface area contributed by atoms with Crippen molar-refractivity contribution in [2.75, 3.05) is 6.67 Å². The third-order valence-corrected chi connectivity index (χ3v) is 1.78. The Kier molecular flexibility index (Phi) is 7.20. The quantitative estimate of drug-likeness (QED) is 0.332. The van der Waals surface area contributed by atoms with E-state index in [4.69, 9.17) is 5.21 Å². The molecule has 0 radical (unpaired) electrons. The van der Waals surface area contributed by atoms with E-state index in [1.807, 2.05) is 37.6 Å². The lowest BCUT2D eigenvalue weighted by molar-refractivity contribution is 0.155. The molecule has 0 amide bonds. The summed E-state index contributed by atoms with van der Waals surface area (Å²) >= 11 is 0. The van der Waals surface area contributed by atoms with E-state index in [1.54, 1.807) is 6.08 Å². The van der Waals surface area contributed by atoms with Gasteiger partial charge in [-0.15, -0.1) is 0 Å². The molecule has 0 saturated heterocycles. The Morgan fingerprint density at radius 3 is 2.77 bits per heavy atom. The lowest BCUT2D eigenvalue weighted by Gasteiger charge is -2.12. The summed E-state index contributed by atoms with van der Waals surface area (Å²) in [6.07, 6.45) is 7.56. The van der Waals surface area contributed by atoms with Gasteiger partial charge < -0.3 is 5.21 Å². The molecule has 1 atom stereocenters. The number of hydroxylamine groups is 1. The zero-order valence-corrected chi connectivity index (χ0v) is 8.25. The molecule has 3 nitrogen and oxygen atoms in total. The van der Waals surface area contributed by atoms with Gasteiger partial charge in [-0.3, -0.25) is 5.32 Å². The van der Waals surface area contributed by atoms with Crippen molar-refractivity contribution in [2.24, 2.45) is 0 Å². The van der Waals surface area contributed by atoms with Crippen LogP contribution in [0.1, 0.15) is 13.8 Å². The molecule has 0 saturated carbocycles. The highest BCUT2D eigenvalue weighted by molar-refractivity contribution is 5.17. The highest BCUT2D eigenvalue weighted by Gasteiger charge is 1.99. The fraction of sp³-hybridized carbons (Fsp3) is 0.400. The van der Waals surface area contributed by atoms with E-state index in [1.165, 1.54) is 5.57 Å². The smallest absolute Gasteiger partial charge is 0.0702 e. The third-order valence-electron chi connectivity index (χ3n) is 1.78. The predicted octanol–water partition coefficient (Wildman–Crippen LogP) is 1.59. The summed E-state index contributed by atoms with van der Waals surface area (Å²) in [5.74, 6) is 0. The molecule has 74 valence electrons. The zero-order chi connectivity index (χ0) is 10.1. The van der Waals surface area contributed by atoms with E-state index in [-0.39, 0.29) is 6.04 Å². The maximum Gasteiger partial charge on any atom is 0.0702 e. The summed E-state index contributed by atoms with van der Waals surface area (Å²) in [4.78, 5) is 0. The fourth-order valence-electron chi connectivity index (χ4n) is 0.790. The van der Waals surface area contributed by atoms with Crippen LogP contribution in [0.15, 0.2) is 36.5 Å². The molecule has 0 fully saturated rings. The molecule has 0 aliphatic carbocycles. The van der Waals surface area contributed by atoms with E-state index in [2.05, 4.69) is 11.9 Å². The lowest BCUT2D eigenvalue weighted by Crippen LogP contribution is -2.34. The van der Waals surface area contributed by atoms with E-state index in [0.717, 1.165) is 0 Å². The molecule has 0 aliphatic heterocycles. The maximum absolute atomic E-state index is 8.35. The molecule has 13 heavy (non-hydrogen) atoms. The summed E-state index contributed by atoms with van der Waals surface area (Å²) in [6, 6.07) is 0.245. The van der Waals surface area contributed by atoms with E-state index >= 15 is 0 Å². The van der Waals surface area contributed by atoms with Gasteiger partial charge in [0.1, 0.15) is 0 Å². The number of nitrogens with one attached hydrogen (secondary N) is 2. The summed E-state index contributed by atoms with van der Waals surface area (Å²) in [5, 5.41) is 11.4. The Hall–Kier alpha value is -0.900. The molecule has 0 aliphatic rings. The minimum Gasteiger partial charge on any atom is -0.316 e. The molecule has 0 rings (SSSR count). The van der Waals surface area contributed by atoms with Crippen molar-refractivity contribution in [2.45, 2.75) is 19.9 Å². The first-order chi connectivity index (χ1) is 6.22. The molecule has 0 spiro atoms. The van der Waals surface area contributed by atoms with Crippen LogP contribution in [0, 0.1) is 0 Å². The van der Waals surface area contributed by atoms with Gasteiger partial charge in [0.05, 0.1) is 6.67 Å². The first kappa shape index (κ1) is 12.1. The van der Waals surface area contributed by atoms with Crippen molar-refractivity contribution in [3.63, 3.8) is 0 Å². The van der Waals surface area contributed by atoms with Crippen molar-refractivity contribution in [1.29, 1.82) is 0 Å². The van der Waals surface area contributed by atoms with Crippen LogP contribution in [0.4, 0.5) is 0 Å². The SMILES string of the molecule is C=C/C=C\C=C(/C)C(C)NCNO. The Bertz CT molecular complexity index is 197. The largest absolute Gasteiger partial charge is 0.316 e. The van der Waals surface area contributed by atoms with Crippen LogP contribution in [0.5, 0.6) is 0 Å². The predicted molar refractivity (Wildman–Crippen MR) is 55.5 cm³/mol.